The smallest absolute Gasteiger partial charge is 0.257 e. The fourth-order valence-corrected chi connectivity index (χ4v) is 3.57. The first-order valence-electron chi connectivity index (χ1n) is 9.25. The quantitative estimate of drug-likeness (QED) is 0.680. The van der Waals surface area contributed by atoms with Crippen molar-refractivity contribution < 1.29 is 18.8 Å². The minimum Gasteiger partial charge on any atom is -0.486 e. The Hall–Kier alpha value is -3.86. The van der Waals surface area contributed by atoms with Crippen molar-refractivity contribution in [1.29, 1.82) is 5.26 Å². The molecule has 1 fully saturated rings. The summed E-state index contributed by atoms with van der Waals surface area (Å²) in [5.74, 6) is 1.96. The third-order valence-electron chi connectivity index (χ3n) is 5.01. The van der Waals surface area contributed by atoms with Crippen molar-refractivity contribution in [3.63, 3.8) is 0 Å². The monoisotopic (exact) mass is 388 g/mol. The zero-order valence-electron chi connectivity index (χ0n) is 15.4. The SMILES string of the molecule is N#Cc1cccc(-c2nc(C3CC(=O)N(c4ccc5c(c4)OCCO5)C3)no2)c1. The lowest BCUT2D eigenvalue weighted by Crippen LogP contribution is -2.25. The Labute approximate surface area is 166 Å². The highest BCUT2D eigenvalue weighted by Gasteiger charge is 2.35. The van der Waals surface area contributed by atoms with Gasteiger partial charge in [-0.05, 0) is 30.3 Å². The van der Waals surface area contributed by atoms with Crippen LogP contribution in [0.2, 0.25) is 0 Å². The number of anilines is 1. The summed E-state index contributed by atoms with van der Waals surface area (Å²) in [5, 5.41) is 13.1. The normalized spacial score (nSPS) is 18.0. The molecule has 0 saturated carbocycles. The number of ether oxygens (including phenoxy) is 2. The summed E-state index contributed by atoms with van der Waals surface area (Å²) in [7, 11) is 0. The molecule has 8 nitrogen and oxygen atoms in total. The largest absolute Gasteiger partial charge is 0.486 e. The van der Waals surface area contributed by atoms with Gasteiger partial charge in [-0.15, -0.1) is 0 Å². The molecule has 1 atom stereocenters. The van der Waals surface area contributed by atoms with Crippen molar-refractivity contribution in [2.24, 2.45) is 0 Å². The molecule has 1 unspecified atom stereocenters. The zero-order chi connectivity index (χ0) is 19.8. The lowest BCUT2D eigenvalue weighted by atomic mass is 10.1. The standard InChI is InChI=1S/C21H16N4O4/c22-11-13-2-1-3-14(8-13)21-23-20(24-29-21)15-9-19(26)25(12-15)16-4-5-17-18(10-16)28-7-6-27-17/h1-5,8,10,15H,6-7,9,12H2. The third kappa shape index (κ3) is 3.17. The van der Waals surface area contributed by atoms with Crippen LogP contribution in [0.3, 0.4) is 0 Å². The van der Waals surface area contributed by atoms with E-state index in [2.05, 4.69) is 16.2 Å². The van der Waals surface area contributed by atoms with Gasteiger partial charge in [0, 0.05) is 36.2 Å². The molecule has 0 aliphatic carbocycles. The average Bonchev–Trinajstić information content (AvgIpc) is 3.40. The molecule has 2 aromatic carbocycles. The fourth-order valence-electron chi connectivity index (χ4n) is 3.57. The fraction of sp³-hybridized carbons (Fsp3) is 0.238. The number of hydrogen-bond acceptors (Lipinski definition) is 7. The van der Waals surface area contributed by atoms with Gasteiger partial charge < -0.3 is 18.9 Å². The van der Waals surface area contributed by atoms with E-state index in [1.807, 2.05) is 18.2 Å². The van der Waals surface area contributed by atoms with E-state index in [-0.39, 0.29) is 11.8 Å². The van der Waals surface area contributed by atoms with E-state index in [9.17, 15) is 4.79 Å². The van der Waals surface area contributed by atoms with Crippen LogP contribution in [0.15, 0.2) is 47.0 Å². The predicted octanol–water partition coefficient (Wildman–Crippen LogP) is 2.90. The number of hydrogen-bond donors (Lipinski definition) is 0. The lowest BCUT2D eigenvalue weighted by molar-refractivity contribution is -0.117. The molecule has 1 saturated heterocycles. The number of carbonyl (C=O) groups is 1. The van der Waals surface area contributed by atoms with Gasteiger partial charge in [0.25, 0.3) is 5.89 Å². The number of carbonyl (C=O) groups excluding carboxylic acids is 1. The van der Waals surface area contributed by atoms with Crippen LogP contribution in [0, 0.1) is 11.3 Å². The predicted molar refractivity (Wildman–Crippen MR) is 102 cm³/mol. The number of nitriles is 1. The average molecular weight is 388 g/mol. The number of nitrogens with zero attached hydrogens (tertiary/aromatic N) is 4. The Bertz CT molecular complexity index is 1130. The first kappa shape index (κ1) is 17.3. The molecule has 1 amide bonds. The van der Waals surface area contributed by atoms with E-state index in [0.717, 1.165) is 5.69 Å². The van der Waals surface area contributed by atoms with Gasteiger partial charge in [-0.25, -0.2) is 0 Å². The molecule has 5 rings (SSSR count). The van der Waals surface area contributed by atoms with Crippen LogP contribution >= 0.6 is 0 Å². The third-order valence-corrected chi connectivity index (χ3v) is 5.01. The van der Waals surface area contributed by atoms with E-state index >= 15 is 0 Å². The van der Waals surface area contributed by atoms with E-state index in [0.29, 0.717) is 60.5 Å². The summed E-state index contributed by atoms with van der Waals surface area (Å²) in [6.45, 7) is 1.47. The van der Waals surface area contributed by atoms with E-state index in [4.69, 9.17) is 19.3 Å². The maximum atomic E-state index is 12.6. The zero-order valence-corrected chi connectivity index (χ0v) is 15.4. The van der Waals surface area contributed by atoms with Crippen LogP contribution in [-0.4, -0.2) is 35.8 Å². The molecule has 8 heteroatoms. The summed E-state index contributed by atoms with van der Waals surface area (Å²) in [4.78, 5) is 18.8. The highest BCUT2D eigenvalue weighted by atomic mass is 16.6. The second kappa shape index (κ2) is 6.95. The van der Waals surface area contributed by atoms with Gasteiger partial charge in [0.1, 0.15) is 13.2 Å². The topological polar surface area (TPSA) is 101 Å². The Kier molecular flexibility index (Phi) is 4.13. The second-order valence-electron chi connectivity index (χ2n) is 6.88. The number of aromatic nitrogens is 2. The molecular weight excluding hydrogens is 372 g/mol. The van der Waals surface area contributed by atoms with Gasteiger partial charge in [-0.1, -0.05) is 11.2 Å². The molecule has 3 aromatic rings. The summed E-state index contributed by atoms with van der Waals surface area (Å²) in [6.07, 6.45) is 0.297. The van der Waals surface area contributed by atoms with Crippen molar-refractivity contribution in [2.75, 3.05) is 24.7 Å². The van der Waals surface area contributed by atoms with E-state index < -0.39 is 0 Å². The van der Waals surface area contributed by atoms with Crippen molar-refractivity contribution in [3.05, 3.63) is 53.9 Å². The molecule has 3 heterocycles. The Morgan fingerprint density at radius 1 is 1.10 bits per heavy atom. The van der Waals surface area contributed by atoms with Gasteiger partial charge in [0.15, 0.2) is 17.3 Å². The first-order chi connectivity index (χ1) is 14.2. The van der Waals surface area contributed by atoms with E-state index in [1.165, 1.54) is 0 Å². The van der Waals surface area contributed by atoms with Gasteiger partial charge in [0.2, 0.25) is 5.91 Å². The van der Waals surface area contributed by atoms with Crippen LogP contribution < -0.4 is 14.4 Å². The van der Waals surface area contributed by atoms with Crippen molar-refractivity contribution >= 4 is 11.6 Å². The Morgan fingerprint density at radius 3 is 2.83 bits per heavy atom. The molecule has 0 spiro atoms. The van der Waals surface area contributed by atoms with Gasteiger partial charge in [-0.3, -0.25) is 4.79 Å². The molecule has 0 N–H and O–H groups in total. The van der Waals surface area contributed by atoms with Crippen LogP contribution in [0.5, 0.6) is 11.5 Å². The molecule has 0 bridgehead atoms. The van der Waals surface area contributed by atoms with Gasteiger partial charge >= 0.3 is 0 Å². The highest BCUT2D eigenvalue weighted by molar-refractivity contribution is 5.96. The number of fused-ring (bicyclic) bond motifs is 1. The molecule has 144 valence electrons. The number of benzene rings is 2. The minimum atomic E-state index is -0.174. The Morgan fingerprint density at radius 2 is 1.97 bits per heavy atom. The number of rotatable bonds is 3. The van der Waals surface area contributed by atoms with Gasteiger partial charge in [0.05, 0.1) is 11.6 Å². The van der Waals surface area contributed by atoms with Crippen LogP contribution in [0.1, 0.15) is 23.7 Å². The molecule has 2 aliphatic rings. The maximum Gasteiger partial charge on any atom is 0.257 e. The van der Waals surface area contributed by atoms with Crippen molar-refractivity contribution in [1.82, 2.24) is 10.1 Å². The summed E-state index contributed by atoms with van der Waals surface area (Å²) < 4.78 is 16.5. The van der Waals surface area contributed by atoms with Crippen LogP contribution in [-0.2, 0) is 4.79 Å². The van der Waals surface area contributed by atoms with Crippen LogP contribution in [0.4, 0.5) is 5.69 Å². The molecule has 1 aromatic heterocycles. The van der Waals surface area contributed by atoms with Crippen LogP contribution in [0.25, 0.3) is 11.5 Å². The lowest BCUT2D eigenvalue weighted by Gasteiger charge is -2.22. The second-order valence-corrected chi connectivity index (χ2v) is 6.88. The molecule has 0 radical (unpaired) electrons. The minimum absolute atomic E-state index is 0.00972. The summed E-state index contributed by atoms with van der Waals surface area (Å²) in [5.41, 5.74) is 1.95. The van der Waals surface area contributed by atoms with Gasteiger partial charge in [-0.2, -0.15) is 10.2 Å². The highest BCUT2D eigenvalue weighted by Crippen LogP contribution is 2.37. The van der Waals surface area contributed by atoms with Crippen molar-refractivity contribution in [3.8, 4) is 29.0 Å². The molecule has 29 heavy (non-hydrogen) atoms. The molecule has 2 aliphatic heterocycles. The summed E-state index contributed by atoms with van der Waals surface area (Å²) >= 11 is 0. The molecular formula is C21H16N4O4. The summed E-state index contributed by atoms with van der Waals surface area (Å²) in [6, 6.07) is 14.6. The Balaban J connectivity index is 1.37. The number of amides is 1. The first-order valence-corrected chi connectivity index (χ1v) is 9.25. The van der Waals surface area contributed by atoms with E-state index in [1.54, 1.807) is 29.2 Å². The maximum absolute atomic E-state index is 12.6. The van der Waals surface area contributed by atoms with Crippen molar-refractivity contribution in [2.45, 2.75) is 12.3 Å².